The second-order valence-electron chi connectivity index (χ2n) is 3.59. The van der Waals surface area contributed by atoms with Crippen LogP contribution in [0.3, 0.4) is 0 Å². The van der Waals surface area contributed by atoms with E-state index in [4.69, 9.17) is 5.73 Å². The van der Waals surface area contributed by atoms with Gasteiger partial charge in [-0.2, -0.15) is 0 Å². The van der Waals surface area contributed by atoms with Crippen LogP contribution in [0.15, 0.2) is 30.5 Å². The Balaban J connectivity index is 2.61. The molecule has 0 atom stereocenters. The number of aromatic nitrogens is 1. The van der Waals surface area contributed by atoms with Crippen molar-refractivity contribution in [2.75, 3.05) is 0 Å². The molecule has 0 saturated carbocycles. The Bertz CT molecular complexity index is 584. The van der Waals surface area contributed by atoms with Gasteiger partial charge in [0.1, 0.15) is 5.82 Å². The van der Waals surface area contributed by atoms with Crippen LogP contribution in [-0.2, 0) is 11.8 Å². The van der Waals surface area contributed by atoms with E-state index in [2.05, 4.69) is 0 Å². The number of hydrogen-bond donors (Lipinski definition) is 1. The van der Waals surface area contributed by atoms with Crippen LogP contribution in [0.25, 0.3) is 17.0 Å². The summed E-state index contributed by atoms with van der Waals surface area (Å²) in [6, 6.07) is 4.55. The fraction of sp³-hybridized carbons (Fsp3) is 0.0833. The summed E-state index contributed by atoms with van der Waals surface area (Å²) >= 11 is 0. The molecule has 2 aromatic rings. The van der Waals surface area contributed by atoms with Crippen LogP contribution in [0.5, 0.6) is 0 Å². The first-order valence-electron chi connectivity index (χ1n) is 4.80. The molecule has 3 nitrogen and oxygen atoms in total. The summed E-state index contributed by atoms with van der Waals surface area (Å²) in [4.78, 5) is 10.6. The molecule has 2 rings (SSSR count). The predicted molar refractivity (Wildman–Crippen MR) is 61.1 cm³/mol. The summed E-state index contributed by atoms with van der Waals surface area (Å²) in [5.41, 5.74) is 6.70. The van der Waals surface area contributed by atoms with E-state index in [9.17, 15) is 9.18 Å². The third-order valence-corrected chi connectivity index (χ3v) is 2.41. The number of nitrogens with zero attached hydrogens (tertiary/aromatic N) is 1. The molecule has 0 aliphatic heterocycles. The van der Waals surface area contributed by atoms with Gasteiger partial charge in [0, 0.05) is 35.8 Å². The number of aryl methyl sites for hydroxylation is 1. The van der Waals surface area contributed by atoms with Crippen LogP contribution in [0.4, 0.5) is 4.39 Å². The van der Waals surface area contributed by atoms with Gasteiger partial charge in [-0.25, -0.2) is 4.39 Å². The first kappa shape index (κ1) is 10.4. The zero-order valence-corrected chi connectivity index (χ0v) is 8.77. The molecule has 2 N–H and O–H groups in total. The van der Waals surface area contributed by atoms with Crippen molar-refractivity contribution in [3.05, 3.63) is 41.9 Å². The number of halogens is 1. The van der Waals surface area contributed by atoms with Crippen molar-refractivity contribution in [3.63, 3.8) is 0 Å². The normalized spacial score (nSPS) is 11.4. The smallest absolute Gasteiger partial charge is 0.241 e. The van der Waals surface area contributed by atoms with Crippen molar-refractivity contribution in [2.24, 2.45) is 12.8 Å². The molecule has 0 saturated heterocycles. The Labute approximate surface area is 92.0 Å². The van der Waals surface area contributed by atoms with Crippen LogP contribution in [0.2, 0.25) is 0 Å². The van der Waals surface area contributed by atoms with E-state index in [-0.39, 0.29) is 5.82 Å². The number of fused-ring (bicyclic) bond motifs is 1. The van der Waals surface area contributed by atoms with Crippen LogP contribution in [-0.4, -0.2) is 10.5 Å². The highest BCUT2D eigenvalue weighted by molar-refractivity contribution is 5.95. The number of rotatable bonds is 2. The van der Waals surface area contributed by atoms with Gasteiger partial charge in [-0.05, 0) is 24.3 Å². The van der Waals surface area contributed by atoms with Crippen LogP contribution in [0.1, 0.15) is 5.56 Å². The van der Waals surface area contributed by atoms with Gasteiger partial charge in [0.25, 0.3) is 0 Å². The molecule has 4 heteroatoms. The first-order chi connectivity index (χ1) is 7.58. The van der Waals surface area contributed by atoms with E-state index in [0.29, 0.717) is 0 Å². The average molecular weight is 218 g/mol. The number of hydrogen-bond acceptors (Lipinski definition) is 1. The van der Waals surface area contributed by atoms with Crippen LogP contribution in [0, 0.1) is 5.82 Å². The van der Waals surface area contributed by atoms with E-state index in [1.165, 1.54) is 18.2 Å². The monoisotopic (exact) mass is 218 g/mol. The summed E-state index contributed by atoms with van der Waals surface area (Å²) in [7, 11) is 1.86. The molecule has 0 bridgehead atoms. The van der Waals surface area contributed by atoms with Crippen LogP contribution < -0.4 is 5.73 Å². The molecule has 0 spiro atoms. The van der Waals surface area contributed by atoms with E-state index in [1.54, 1.807) is 12.1 Å². The Morgan fingerprint density at radius 2 is 2.25 bits per heavy atom. The Morgan fingerprint density at radius 1 is 1.50 bits per heavy atom. The highest BCUT2D eigenvalue weighted by Gasteiger charge is 2.05. The molecule has 1 aromatic carbocycles. The molecule has 0 aliphatic rings. The molecular formula is C12H11FN2O. The van der Waals surface area contributed by atoms with Crippen molar-refractivity contribution < 1.29 is 9.18 Å². The van der Waals surface area contributed by atoms with E-state index < -0.39 is 5.91 Å². The zero-order chi connectivity index (χ0) is 11.7. The van der Waals surface area contributed by atoms with Crippen LogP contribution >= 0.6 is 0 Å². The van der Waals surface area contributed by atoms with Crippen molar-refractivity contribution in [2.45, 2.75) is 0 Å². The van der Waals surface area contributed by atoms with Gasteiger partial charge in [-0.1, -0.05) is 0 Å². The SMILES string of the molecule is Cn1cc(/C=C\C(N)=O)c2cc(F)ccc21. The lowest BCUT2D eigenvalue weighted by Gasteiger charge is -1.94. The summed E-state index contributed by atoms with van der Waals surface area (Å²) in [5, 5.41) is 0.764. The minimum absolute atomic E-state index is 0.299. The Kier molecular flexibility index (Phi) is 2.48. The lowest BCUT2D eigenvalue weighted by atomic mass is 10.1. The minimum Gasteiger partial charge on any atom is -0.366 e. The fourth-order valence-corrected chi connectivity index (χ4v) is 1.70. The lowest BCUT2D eigenvalue weighted by Crippen LogP contribution is -2.04. The van der Waals surface area contributed by atoms with Gasteiger partial charge >= 0.3 is 0 Å². The Hall–Kier alpha value is -2.10. The number of carbonyl (C=O) groups excluding carboxylic acids is 1. The number of amides is 1. The van der Waals surface area contributed by atoms with Gasteiger partial charge in [0.05, 0.1) is 0 Å². The number of nitrogens with two attached hydrogens (primary N) is 1. The lowest BCUT2D eigenvalue weighted by molar-refractivity contribution is -0.113. The third kappa shape index (κ3) is 1.82. The second kappa shape index (κ2) is 3.81. The highest BCUT2D eigenvalue weighted by Crippen LogP contribution is 2.22. The fourth-order valence-electron chi connectivity index (χ4n) is 1.70. The molecule has 1 heterocycles. The largest absolute Gasteiger partial charge is 0.366 e. The molecule has 82 valence electrons. The van der Waals surface area contributed by atoms with Crippen molar-refractivity contribution in [3.8, 4) is 0 Å². The second-order valence-corrected chi connectivity index (χ2v) is 3.59. The number of benzene rings is 1. The molecule has 0 unspecified atom stereocenters. The minimum atomic E-state index is -0.520. The average Bonchev–Trinajstić information content (AvgIpc) is 2.52. The maximum Gasteiger partial charge on any atom is 0.241 e. The predicted octanol–water partition coefficient (Wildman–Crippen LogP) is 1.82. The first-order valence-corrected chi connectivity index (χ1v) is 4.80. The van der Waals surface area contributed by atoms with Crippen molar-refractivity contribution in [1.82, 2.24) is 4.57 Å². The summed E-state index contributed by atoms with van der Waals surface area (Å²) in [5.74, 6) is -0.819. The van der Waals surface area contributed by atoms with Gasteiger partial charge < -0.3 is 10.3 Å². The van der Waals surface area contributed by atoms with Crippen molar-refractivity contribution in [1.29, 1.82) is 0 Å². The van der Waals surface area contributed by atoms with Crippen molar-refractivity contribution >= 4 is 22.9 Å². The van der Waals surface area contributed by atoms with E-state index in [1.807, 2.05) is 17.8 Å². The number of primary amides is 1. The highest BCUT2D eigenvalue weighted by atomic mass is 19.1. The third-order valence-electron chi connectivity index (χ3n) is 2.41. The Morgan fingerprint density at radius 3 is 2.94 bits per heavy atom. The van der Waals surface area contributed by atoms with Gasteiger partial charge in [0.2, 0.25) is 5.91 Å². The molecule has 1 aromatic heterocycles. The summed E-state index contributed by atoms with van der Waals surface area (Å²) < 4.78 is 15.0. The van der Waals surface area contributed by atoms with E-state index in [0.717, 1.165) is 16.5 Å². The molecule has 0 aliphatic carbocycles. The molecule has 1 amide bonds. The molecule has 0 radical (unpaired) electrons. The maximum absolute atomic E-state index is 13.1. The quantitative estimate of drug-likeness (QED) is 0.768. The molecule has 0 fully saturated rings. The van der Waals surface area contributed by atoms with E-state index >= 15 is 0 Å². The molecule has 16 heavy (non-hydrogen) atoms. The molecular weight excluding hydrogens is 207 g/mol. The zero-order valence-electron chi connectivity index (χ0n) is 8.77. The number of carbonyl (C=O) groups is 1. The standard InChI is InChI=1S/C12H11FN2O/c1-15-7-8(2-5-12(14)16)10-6-9(13)3-4-11(10)15/h2-7H,1H3,(H2,14,16)/b5-2-. The van der Waals surface area contributed by atoms with Gasteiger partial charge in [-0.3, -0.25) is 4.79 Å². The topological polar surface area (TPSA) is 48.0 Å². The maximum atomic E-state index is 13.1. The van der Waals surface area contributed by atoms with Gasteiger partial charge in [-0.15, -0.1) is 0 Å². The summed E-state index contributed by atoms with van der Waals surface area (Å²) in [6.07, 6.45) is 4.67. The van der Waals surface area contributed by atoms with Gasteiger partial charge in [0.15, 0.2) is 0 Å². The summed E-state index contributed by atoms with van der Waals surface area (Å²) in [6.45, 7) is 0.